The zero-order valence-corrected chi connectivity index (χ0v) is 13.5. The summed E-state index contributed by atoms with van der Waals surface area (Å²) in [6, 6.07) is 12.9. The van der Waals surface area contributed by atoms with Crippen molar-refractivity contribution in [3.63, 3.8) is 0 Å². The molecule has 0 bridgehead atoms. The topological polar surface area (TPSA) is 59.4 Å². The summed E-state index contributed by atoms with van der Waals surface area (Å²) in [5.41, 5.74) is 5.52. The van der Waals surface area contributed by atoms with Crippen LogP contribution in [0.4, 0.5) is 0 Å². The quantitative estimate of drug-likeness (QED) is 0.621. The van der Waals surface area contributed by atoms with E-state index in [-0.39, 0.29) is 6.04 Å². The molecule has 2 heterocycles. The molecule has 0 radical (unpaired) electrons. The Morgan fingerprint density at radius 3 is 2.65 bits per heavy atom. The van der Waals surface area contributed by atoms with Gasteiger partial charge in [-0.05, 0) is 48.2 Å². The number of hydrogen-bond donors (Lipinski definition) is 1. The molecule has 5 nitrogen and oxygen atoms in total. The van der Waals surface area contributed by atoms with E-state index in [9.17, 15) is 0 Å². The Bertz CT molecular complexity index is 979. The number of rotatable bonds is 3. The van der Waals surface area contributed by atoms with Crippen LogP contribution in [0.5, 0.6) is 0 Å². The van der Waals surface area contributed by atoms with Crippen molar-refractivity contribution < 1.29 is 0 Å². The molecule has 0 aliphatic rings. The predicted molar refractivity (Wildman–Crippen MR) is 91.5 cm³/mol. The third kappa shape index (κ3) is 2.29. The molecule has 0 saturated heterocycles. The van der Waals surface area contributed by atoms with Gasteiger partial charge in [0.05, 0.1) is 23.3 Å². The highest BCUT2D eigenvalue weighted by Crippen LogP contribution is 2.27. The van der Waals surface area contributed by atoms with Crippen molar-refractivity contribution in [3.8, 4) is 0 Å². The standard InChI is InChI=1S/C18H19N5/c1-11(2)13-5-7-18-15(8-13)10-19-23(18)12(3)14-4-6-16-17(9-14)21-22-20-16/h4-12H,1-3H3,(H,20,21,22)/t12-/m0/s1. The van der Waals surface area contributed by atoms with Crippen molar-refractivity contribution in [1.29, 1.82) is 0 Å². The summed E-state index contributed by atoms with van der Waals surface area (Å²) in [5.74, 6) is 0.524. The smallest absolute Gasteiger partial charge is 0.112 e. The first-order chi connectivity index (χ1) is 11.1. The number of aromatic amines is 1. The van der Waals surface area contributed by atoms with Gasteiger partial charge >= 0.3 is 0 Å². The number of benzene rings is 2. The van der Waals surface area contributed by atoms with Crippen LogP contribution in [-0.2, 0) is 0 Å². The second-order valence-corrected chi connectivity index (χ2v) is 6.33. The number of nitrogens with zero attached hydrogens (tertiary/aromatic N) is 4. The zero-order chi connectivity index (χ0) is 16.0. The van der Waals surface area contributed by atoms with E-state index in [1.54, 1.807) is 0 Å². The zero-order valence-electron chi connectivity index (χ0n) is 13.5. The largest absolute Gasteiger partial charge is 0.258 e. The minimum Gasteiger partial charge on any atom is -0.258 e. The molecule has 5 heteroatoms. The molecule has 0 spiro atoms. The van der Waals surface area contributed by atoms with E-state index in [1.165, 1.54) is 16.5 Å². The minimum absolute atomic E-state index is 0.144. The molecule has 116 valence electrons. The molecule has 23 heavy (non-hydrogen) atoms. The molecule has 0 amide bonds. The lowest BCUT2D eigenvalue weighted by Crippen LogP contribution is -2.08. The van der Waals surface area contributed by atoms with E-state index < -0.39 is 0 Å². The van der Waals surface area contributed by atoms with Crippen LogP contribution in [-0.4, -0.2) is 25.2 Å². The molecule has 2 aromatic carbocycles. The van der Waals surface area contributed by atoms with Crippen LogP contribution in [0.1, 0.15) is 43.9 Å². The molecule has 0 fully saturated rings. The van der Waals surface area contributed by atoms with Gasteiger partial charge in [0, 0.05) is 5.39 Å². The van der Waals surface area contributed by atoms with Gasteiger partial charge in [0.2, 0.25) is 0 Å². The van der Waals surface area contributed by atoms with Gasteiger partial charge in [-0.1, -0.05) is 31.2 Å². The van der Waals surface area contributed by atoms with Gasteiger partial charge in [-0.25, -0.2) is 0 Å². The fourth-order valence-electron chi connectivity index (χ4n) is 3.00. The van der Waals surface area contributed by atoms with Crippen molar-refractivity contribution >= 4 is 21.9 Å². The van der Waals surface area contributed by atoms with E-state index in [1.807, 2.05) is 12.3 Å². The van der Waals surface area contributed by atoms with Gasteiger partial charge in [0.15, 0.2) is 0 Å². The molecule has 0 unspecified atom stereocenters. The Hall–Kier alpha value is -2.69. The molecule has 1 atom stereocenters. The third-order valence-electron chi connectivity index (χ3n) is 4.48. The number of hydrogen-bond acceptors (Lipinski definition) is 3. The summed E-state index contributed by atoms with van der Waals surface area (Å²) in [5, 5.41) is 16.6. The van der Waals surface area contributed by atoms with Gasteiger partial charge in [-0.3, -0.25) is 9.78 Å². The fraction of sp³-hybridized carbons (Fsp3) is 0.278. The molecule has 0 saturated carbocycles. The van der Waals surface area contributed by atoms with E-state index in [0.29, 0.717) is 5.92 Å². The van der Waals surface area contributed by atoms with Crippen LogP contribution >= 0.6 is 0 Å². The van der Waals surface area contributed by atoms with E-state index >= 15 is 0 Å². The number of H-pyrrole nitrogens is 1. The Kier molecular flexibility index (Phi) is 3.15. The highest BCUT2D eigenvalue weighted by molar-refractivity contribution is 5.80. The molecule has 0 aliphatic carbocycles. The summed E-state index contributed by atoms with van der Waals surface area (Å²) >= 11 is 0. The first-order valence-electron chi connectivity index (χ1n) is 7.91. The Balaban J connectivity index is 1.78. The van der Waals surface area contributed by atoms with Gasteiger partial charge in [0.25, 0.3) is 0 Å². The highest BCUT2D eigenvalue weighted by atomic mass is 15.3. The van der Waals surface area contributed by atoms with Crippen LogP contribution in [0.2, 0.25) is 0 Å². The van der Waals surface area contributed by atoms with Crippen LogP contribution in [0.3, 0.4) is 0 Å². The van der Waals surface area contributed by atoms with Crippen LogP contribution in [0.25, 0.3) is 21.9 Å². The molecular formula is C18H19N5. The van der Waals surface area contributed by atoms with Crippen molar-refractivity contribution in [3.05, 3.63) is 53.7 Å². The van der Waals surface area contributed by atoms with Crippen LogP contribution < -0.4 is 0 Å². The second-order valence-electron chi connectivity index (χ2n) is 6.33. The third-order valence-corrected chi connectivity index (χ3v) is 4.48. The number of aromatic nitrogens is 5. The minimum atomic E-state index is 0.144. The van der Waals surface area contributed by atoms with Crippen molar-refractivity contribution in [1.82, 2.24) is 25.2 Å². The molecule has 1 N–H and O–H groups in total. The number of fused-ring (bicyclic) bond motifs is 2. The molecule has 4 aromatic rings. The molecular weight excluding hydrogens is 286 g/mol. The van der Waals surface area contributed by atoms with E-state index in [4.69, 9.17) is 0 Å². The highest BCUT2D eigenvalue weighted by Gasteiger charge is 2.14. The van der Waals surface area contributed by atoms with Gasteiger partial charge in [-0.2, -0.15) is 5.10 Å². The maximum atomic E-state index is 4.61. The van der Waals surface area contributed by atoms with E-state index in [0.717, 1.165) is 16.6 Å². The van der Waals surface area contributed by atoms with Crippen LogP contribution in [0, 0.1) is 0 Å². The predicted octanol–water partition coefficient (Wildman–Crippen LogP) is 4.04. The van der Waals surface area contributed by atoms with Crippen LogP contribution in [0.15, 0.2) is 42.6 Å². The Labute approximate surface area is 134 Å². The lowest BCUT2D eigenvalue weighted by atomic mass is 10.0. The summed E-state index contributed by atoms with van der Waals surface area (Å²) in [4.78, 5) is 0. The number of nitrogens with one attached hydrogen (secondary N) is 1. The first-order valence-corrected chi connectivity index (χ1v) is 7.91. The monoisotopic (exact) mass is 305 g/mol. The van der Waals surface area contributed by atoms with Gasteiger partial charge < -0.3 is 0 Å². The summed E-state index contributed by atoms with van der Waals surface area (Å²) in [6.45, 7) is 6.58. The second kappa shape index (κ2) is 5.19. The molecule has 4 rings (SSSR count). The van der Waals surface area contributed by atoms with Gasteiger partial charge in [0.1, 0.15) is 5.52 Å². The molecule has 0 aliphatic heterocycles. The SMILES string of the molecule is CC(C)c1ccc2c(cnn2[C@@H](C)c2ccc3nn[nH]c3c2)c1. The fourth-order valence-corrected chi connectivity index (χ4v) is 3.00. The van der Waals surface area contributed by atoms with Crippen molar-refractivity contribution in [2.24, 2.45) is 0 Å². The maximum Gasteiger partial charge on any atom is 0.112 e. The summed E-state index contributed by atoms with van der Waals surface area (Å²) in [7, 11) is 0. The first kappa shape index (κ1) is 13.9. The maximum absolute atomic E-state index is 4.61. The summed E-state index contributed by atoms with van der Waals surface area (Å²) in [6.07, 6.45) is 1.95. The summed E-state index contributed by atoms with van der Waals surface area (Å²) < 4.78 is 2.07. The van der Waals surface area contributed by atoms with Gasteiger partial charge in [-0.15, -0.1) is 5.10 Å². The lowest BCUT2D eigenvalue weighted by molar-refractivity contribution is 0.584. The average molecular weight is 305 g/mol. The average Bonchev–Trinajstić information content (AvgIpc) is 3.19. The van der Waals surface area contributed by atoms with E-state index in [2.05, 4.69) is 76.3 Å². The Morgan fingerprint density at radius 2 is 1.83 bits per heavy atom. The normalized spacial score (nSPS) is 13.2. The van der Waals surface area contributed by atoms with Crippen molar-refractivity contribution in [2.45, 2.75) is 32.7 Å². The lowest BCUT2D eigenvalue weighted by Gasteiger charge is -2.14. The Morgan fingerprint density at radius 1 is 1.00 bits per heavy atom. The molecule has 2 aromatic heterocycles. The van der Waals surface area contributed by atoms with Crippen molar-refractivity contribution in [2.75, 3.05) is 0 Å².